The van der Waals surface area contributed by atoms with Gasteiger partial charge in [-0.2, -0.15) is 13.2 Å². The number of nitrogens with zero attached hydrogens (tertiary/aromatic N) is 4. The molecule has 0 radical (unpaired) electrons. The van der Waals surface area contributed by atoms with Crippen LogP contribution in [0.2, 0.25) is 0 Å². The SMILES string of the molecule is C[C@@H]1CN(c2nccc3c2c(C(F)(F)F)cn3-c2cnccc2C(=O)O)[C@@H](C)CN1. The van der Waals surface area contributed by atoms with Gasteiger partial charge in [-0.15, -0.1) is 0 Å². The molecule has 3 aromatic rings. The fourth-order valence-electron chi connectivity index (χ4n) is 3.87. The van der Waals surface area contributed by atoms with Crippen LogP contribution >= 0.6 is 0 Å². The number of piperazine rings is 1. The van der Waals surface area contributed by atoms with E-state index < -0.39 is 17.7 Å². The Balaban J connectivity index is 2.01. The topological polar surface area (TPSA) is 83.3 Å². The van der Waals surface area contributed by atoms with Gasteiger partial charge in [-0.1, -0.05) is 0 Å². The fraction of sp³-hybridized carbons (Fsp3) is 0.350. The van der Waals surface area contributed by atoms with Gasteiger partial charge in [-0.3, -0.25) is 4.98 Å². The van der Waals surface area contributed by atoms with Crippen LogP contribution in [0.15, 0.2) is 36.9 Å². The molecule has 2 atom stereocenters. The van der Waals surface area contributed by atoms with Crippen molar-refractivity contribution >= 4 is 22.7 Å². The number of hydrogen-bond donors (Lipinski definition) is 2. The van der Waals surface area contributed by atoms with Crippen LogP contribution in [0.3, 0.4) is 0 Å². The van der Waals surface area contributed by atoms with Crippen molar-refractivity contribution in [3.63, 3.8) is 0 Å². The number of aromatic nitrogens is 3. The van der Waals surface area contributed by atoms with Gasteiger partial charge in [0, 0.05) is 43.8 Å². The Labute approximate surface area is 170 Å². The molecule has 30 heavy (non-hydrogen) atoms. The molecular weight excluding hydrogens is 399 g/mol. The lowest BCUT2D eigenvalue weighted by atomic mass is 10.1. The summed E-state index contributed by atoms with van der Waals surface area (Å²) in [6.45, 7) is 5.01. The standard InChI is InChI=1S/C20H20F3N5O2/c1-11-9-27(12(2)7-26-11)18-17-14(20(21,22)23)10-28(15(17)4-6-25-18)16-8-24-5-3-13(16)19(29)30/h3-6,8,10-12,26H,7,9H2,1-2H3,(H,29,30)/t11-,12+/m1/s1. The Hall–Kier alpha value is -3.14. The third kappa shape index (κ3) is 3.36. The van der Waals surface area contributed by atoms with Crippen LogP contribution in [0.25, 0.3) is 16.6 Å². The highest BCUT2D eigenvalue weighted by molar-refractivity contribution is 5.98. The first-order chi connectivity index (χ1) is 14.2. The van der Waals surface area contributed by atoms with E-state index in [1.165, 1.54) is 35.3 Å². The summed E-state index contributed by atoms with van der Waals surface area (Å²) in [5.74, 6) is -1.01. The van der Waals surface area contributed by atoms with E-state index in [9.17, 15) is 23.1 Å². The van der Waals surface area contributed by atoms with Crippen molar-refractivity contribution in [2.45, 2.75) is 32.1 Å². The Morgan fingerprint density at radius 3 is 2.73 bits per heavy atom. The molecule has 10 heteroatoms. The third-order valence-electron chi connectivity index (χ3n) is 5.33. The van der Waals surface area contributed by atoms with Crippen molar-refractivity contribution in [2.24, 2.45) is 0 Å². The van der Waals surface area contributed by atoms with Gasteiger partial charge in [0.15, 0.2) is 0 Å². The Kier molecular flexibility index (Phi) is 4.89. The average Bonchev–Trinajstić information content (AvgIpc) is 3.10. The minimum atomic E-state index is -4.64. The molecule has 4 rings (SSSR count). The molecule has 3 aromatic heterocycles. The summed E-state index contributed by atoms with van der Waals surface area (Å²) in [7, 11) is 0. The van der Waals surface area contributed by atoms with Crippen molar-refractivity contribution < 1.29 is 23.1 Å². The van der Waals surface area contributed by atoms with Crippen LogP contribution in [0.1, 0.15) is 29.8 Å². The maximum absolute atomic E-state index is 14.0. The zero-order valence-corrected chi connectivity index (χ0v) is 16.3. The molecular formula is C20H20F3N5O2. The number of carbonyl (C=O) groups is 1. The molecule has 2 N–H and O–H groups in total. The Bertz CT molecular complexity index is 1110. The molecule has 0 aliphatic carbocycles. The van der Waals surface area contributed by atoms with Crippen molar-refractivity contribution in [2.75, 3.05) is 18.0 Å². The second-order valence-corrected chi connectivity index (χ2v) is 7.45. The Morgan fingerprint density at radius 1 is 1.27 bits per heavy atom. The van der Waals surface area contributed by atoms with Crippen molar-refractivity contribution in [3.05, 3.63) is 48.0 Å². The van der Waals surface area contributed by atoms with Crippen LogP contribution in [-0.4, -0.2) is 50.8 Å². The van der Waals surface area contributed by atoms with Gasteiger partial charge in [0.1, 0.15) is 5.82 Å². The number of alkyl halides is 3. The molecule has 158 valence electrons. The van der Waals surface area contributed by atoms with Gasteiger partial charge in [-0.25, -0.2) is 9.78 Å². The number of anilines is 1. The summed E-state index contributed by atoms with van der Waals surface area (Å²) < 4.78 is 43.3. The van der Waals surface area contributed by atoms with Crippen LogP contribution in [-0.2, 0) is 6.18 Å². The highest BCUT2D eigenvalue weighted by Gasteiger charge is 2.38. The lowest BCUT2D eigenvalue weighted by Gasteiger charge is -2.38. The van der Waals surface area contributed by atoms with E-state index in [2.05, 4.69) is 15.3 Å². The molecule has 0 unspecified atom stereocenters. The predicted molar refractivity (Wildman–Crippen MR) is 105 cm³/mol. The fourth-order valence-corrected chi connectivity index (χ4v) is 3.87. The smallest absolute Gasteiger partial charge is 0.418 e. The summed E-state index contributed by atoms with van der Waals surface area (Å²) in [6, 6.07) is 2.75. The third-order valence-corrected chi connectivity index (χ3v) is 5.33. The largest absolute Gasteiger partial charge is 0.478 e. The van der Waals surface area contributed by atoms with Gasteiger partial charge in [-0.05, 0) is 26.0 Å². The number of carboxylic acid groups (broad SMARTS) is 1. The van der Waals surface area contributed by atoms with Crippen LogP contribution in [0, 0.1) is 0 Å². The van der Waals surface area contributed by atoms with Gasteiger partial charge < -0.3 is 19.9 Å². The summed E-state index contributed by atoms with van der Waals surface area (Å²) in [4.78, 5) is 21.7. The van der Waals surface area contributed by atoms with E-state index in [0.717, 1.165) is 6.20 Å². The minimum Gasteiger partial charge on any atom is -0.478 e. The number of aromatic carboxylic acids is 1. The number of hydrogen-bond acceptors (Lipinski definition) is 5. The molecule has 7 nitrogen and oxygen atoms in total. The first-order valence-electron chi connectivity index (χ1n) is 9.43. The highest BCUT2D eigenvalue weighted by atomic mass is 19.4. The van der Waals surface area contributed by atoms with E-state index in [-0.39, 0.29) is 40.1 Å². The molecule has 1 aliphatic rings. The average molecular weight is 419 g/mol. The second kappa shape index (κ2) is 7.28. The number of fused-ring (bicyclic) bond motifs is 1. The van der Waals surface area contributed by atoms with Gasteiger partial charge in [0.2, 0.25) is 0 Å². The quantitative estimate of drug-likeness (QED) is 0.678. The normalized spacial score (nSPS) is 20.0. The van der Waals surface area contributed by atoms with Crippen LogP contribution in [0.5, 0.6) is 0 Å². The summed E-state index contributed by atoms with van der Waals surface area (Å²) in [5, 5.41) is 12.8. The Morgan fingerprint density at radius 2 is 2.03 bits per heavy atom. The van der Waals surface area contributed by atoms with E-state index in [4.69, 9.17) is 0 Å². The molecule has 1 aliphatic heterocycles. The lowest BCUT2D eigenvalue weighted by molar-refractivity contribution is -0.136. The van der Waals surface area contributed by atoms with E-state index in [1.54, 1.807) is 0 Å². The summed E-state index contributed by atoms with van der Waals surface area (Å²) in [5.41, 5.74) is -0.720. The van der Waals surface area contributed by atoms with Crippen molar-refractivity contribution in [1.29, 1.82) is 0 Å². The zero-order valence-electron chi connectivity index (χ0n) is 16.3. The number of halogens is 3. The second-order valence-electron chi connectivity index (χ2n) is 7.45. The molecule has 4 heterocycles. The van der Waals surface area contributed by atoms with Gasteiger partial charge >= 0.3 is 12.1 Å². The lowest BCUT2D eigenvalue weighted by Crippen LogP contribution is -2.54. The number of nitrogens with one attached hydrogen (secondary N) is 1. The van der Waals surface area contributed by atoms with E-state index in [1.807, 2.05) is 18.7 Å². The molecule has 1 fully saturated rings. The molecule has 0 aromatic carbocycles. The monoisotopic (exact) mass is 419 g/mol. The number of carboxylic acids is 1. The first kappa shape index (κ1) is 20.1. The maximum Gasteiger partial charge on any atom is 0.418 e. The molecule has 0 bridgehead atoms. The molecule has 1 saturated heterocycles. The van der Waals surface area contributed by atoms with Gasteiger partial charge in [0.25, 0.3) is 0 Å². The van der Waals surface area contributed by atoms with Gasteiger partial charge in [0.05, 0.1) is 33.9 Å². The van der Waals surface area contributed by atoms with E-state index in [0.29, 0.717) is 13.1 Å². The number of pyridine rings is 2. The molecule has 0 saturated carbocycles. The minimum absolute atomic E-state index is 0.0499. The van der Waals surface area contributed by atoms with Crippen molar-refractivity contribution in [3.8, 4) is 5.69 Å². The highest BCUT2D eigenvalue weighted by Crippen LogP contribution is 2.41. The maximum atomic E-state index is 14.0. The zero-order chi connectivity index (χ0) is 21.6. The predicted octanol–water partition coefficient (Wildman–Crippen LogP) is 3.32. The number of rotatable bonds is 3. The first-order valence-corrected chi connectivity index (χ1v) is 9.43. The summed E-state index contributed by atoms with van der Waals surface area (Å²) >= 11 is 0. The molecule has 0 amide bonds. The van der Waals surface area contributed by atoms with Crippen molar-refractivity contribution in [1.82, 2.24) is 19.9 Å². The van der Waals surface area contributed by atoms with Crippen LogP contribution < -0.4 is 10.2 Å². The summed E-state index contributed by atoms with van der Waals surface area (Å²) in [6.07, 6.45) is 0.272. The van der Waals surface area contributed by atoms with Crippen LogP contribution in [0.4, 0.5) is 19.0 Å². The van der Waals surface area contributed by atoms with E-state index >= 15 is 0 Å². The molecule has 0 spiro atoms.